The normalized spacial score (nSPS) is 10.9. The predicted octanol–water partition coefficient (Wildman–Crippen LogP) is 4.90. The largest absolute Gasteiger partial charge is 0.494 e. The van der Waals surface area contributed by atoms with Gasteiger partial charge in [0, 0.05) is 23.4 Å². The Balaban J connectivity index is 1.83. The van der Waals surface area contributed by atoms with Crippen molar-refractivity contribution in [1.82, 2.24) is 0 Å². The molecule has 0 bridgehead atoms. The van der Waals surface area contributed by atoms with Crippen molar-refractivity contribution < 1.29 is 23.8 Å². The zero-order valence-corrected chi connectivity index (χ0v) is 17.0. The first-order valence-electron chi connectivity index (χ1n) is 9.52. The van der Waals surface area contributed by atoms with Crippen molar-refractivity contribution >= 4 is 23.6 Å². The molecule has 3 rings (SSSR count). The quantitative estimate of drug-likeness (QED) is 0.418. The van der Waals surface area contributed by atoms with Gasteiger partial charge in [0.05, 0.1) is 12.2 Å². The minimum Gasteiger partial charge on any atom is -0.494 e. The first-order valence-corrected chi connectivity index (χ1v) is 9.52. The number of carboxylic acids is 1. The third kappa shape index (κ3) is 5.00. The maximum Gasteiger partial charge on any atom is 0.335 e. The molecule has 0 aliphatic rings. The summed E-state index contributed by atoms with van der Waals surface area (Å²) in [5.74, 6) is -0.266. The minimum atomic E-state index is -1.03. The lowest BCUT2D eigenvalue weighted by molar-refractivity contribution is -0.112. The molecule has 0 spiro atoms. The fraction of sp³-hybridized carbons (Fsp3) is 0.125. The first-order chi connectivity index (χ1) is 14.9. The van der Waals surface area contributed by atoms with Gasteiger partial charge in [-0.1, -0.05) is 18.2 Å². The van der Waals surface area contributed by atoms with E-state index >= 15 is 0 Å². The summed E-state index contributed by atoms with van der Waals surface area (Å²) in [4.78, 5) is 23.9. The summed E-state index contributed by atoms with van der Waals surface area (Å²) >= 11 is 0. The number of nitrogens with one attached hydrogen (secondary N) is 1. The summed E-state index contributed by atoms with van der Waals surface area (Å²) < 4.78 is 11.2. The van der Waals surface area contributed by atoms with Crippen molar-refractivity contribution in [3.05, 3.63) is 77.1 Å². The molecule has 1 aromatic heterocycles. The highest BCUT2D eigenvalue weighted by molar-refractivity contribution is 6.09. The van der Waals surface area contributed by atoms with Crippen molar-refractivity contribution in [2.24, 2.45) is 0 Å². The number of carbonyl (C=O) groups is 2. The molecule has 2 aromatic carbocycles. The molecule has 7 nitrogen and oxygen atoms in total. The van der Waals surface area contributed by atoms with Gasteiger partial charge in [-0.15, -0.1) is 0 Å². The van der Waals surface area contributed by atoms with E-state index < -0.39 is 11.9 Å². The van der Waals surface area contributed by atoms with E-state index in [0.717, 1.165) is 0 Å². The lowest BCUT2D eigenvalue weighted by atomic mass is 10.0. The zero-order valence-electron chi connectivity index (χ0n) is 17.0. The van der Waals surface area contributed by atoms with Gasteiger partial charge in [-0.3, -0.25) is 4.79 Å². The Morgan fingerprint density at radius 3 is 2.68 bits per heavy atom. The molecule has 0 fully saturated rings. The van der Waals surface area contributed by atoms with Gasteiger partial charge >= 0.3 is 5.97 Å². The van der Waals surface area contributed by atoms with Crippen LogP contribution in [0.2, 0.25) is 0 Å². The van der Waals surface area contributed by atoms with Crippen LogP contribution in [-0.4, -0.2) is 23.6 Å². The van der Waals surface area contributed by atoms with E-state index in [1.165, 1.54) is 12.1 Å². The Labute approximate surface area is 179 Å². The second kappa shape index (κ2) is 9.46. The van der Waals surface area contributed by atoms with Crippen LogP contribution in [0, 0.1) is 18.3 Å². The lowest BCUT2D eigenvalue weighted by Gasteiger charge is -2.07. The lowest BCUT2D eigenvalue weighted by Crippen LogP contribution is -2.13. The Morgan fingerprint density at radius 1 is 1.19 bits per heavy atom. The smallest absolute Gasteiger partial charge is 0.335 e. The zero-order chi connectivity index (χ0) is 22.4. The summed E-state index contributed by atoms with van der Waals surface area (Å²) in [6, 6.07) is 16.9. The summed E-state index contributed by atoms with van der Waals surface area (Å²) in [5, 5.41) is 21.4. The van der Waals surface area contributed by atoms with Gasteiger partial charge in [-0.05, 0) is 49.7 Å². The second-order valence-electron chi connectivity index (χ2n) is 6.57. The standard InChI is InChI=1S/C24H20N2O5/c1-3-30-18-7-4-6-17(13-18)26-23(27)16(14-25)12-19-10-11-22(31-19)20-8-5-9-21(15(20)2)24(28)29/h4-13H,3H2,1-2H3,(H,26,27)(H,28,29)/b16-12-. The van der Waals surface area contributed by atoms with Crippen LogP contribution in [0.5, 0.6) is 5.75 Å². The molecule has 0 atom stereocenters. The number of rotatable bonds is 7. The SMILES string of the molecule is CCOc1cccc(NC(=O)/C(C#N)=C\c2ccc(-c3cccc(C(=O)O)c3C)o2)c1. The van der Waals surface area contributed by atoms with E-state index in [-0.39, 0.29) is 11.1 Å². The number of anilines is 1. The van der Waals surface area contributed by atoms with E-state index in [1.54, 1.807) is 55.5 Å². The average Bonchev–Trinajstić information content (AvgIpc) is 3.20. The van der Waals surface area contributed by atoms with Crippen LogP contribution >= 0.6 is 0 Å². The van der Waals surface area contributed by atoms with Gasteiger partial charge in [0.1, 0.15) is 28.9 Å². The fourth-order valence-electron chi connectivity index (χ4n) is 3.03. The van der Waals surface area contributed by atoms with Gasteiger partial charge in [0.25, 0.3) is 5.91 Å². The van der Waals surface area contributed by atoms with Gasteiger partial charge in [0.15, 0.2) is 0 Å². The third-order valence-corrected chi connectivity index (χ3v) is 4.51. The maximum atomic E-state index is 12.5. The average molecular weight is 416 g/mol. The molecule has 156 valence electrons. The Kier molecular flexibility index (Phi) is 6.53. The summed E-state index contributed by atoms with van der Waals surface area (Å²) in [6.45, 7) is 4.05. The van der Waals surface area contributed by atoms with Crippen molar-refractivity contribution in [3.63, 3.8) is 0 Å². The molecule has 3 aromatic rings. The van der Waals surface area contributed by atoms with E-state index in [2.05, 4.69) is 5.32 Å². The highest BCUT2D eigenvalue weighted by Crippen LogP contribution is 2.28. The number of hydrogen-bond donors (Lipinski definition) is 2. The third-order valence-electron chi connectivity index (χ3n) is 4.51. The van der Waals surface area contributed by atoms with Gasteiger partial charge in [-0.25, -0.2) is 4.79 Å². The summed E-state index contributed by atoms with van der Waals surface area (Å²) in [7, 11) is 0. The number of ether oxygens (including phenoxy) is 1. The monoisotopic (exact) mass is 416 g/mol. The van der Waals surface area contributed by atoms with Crippen LogP contribution in [-0.2, 0) is 4.79 Å². The molecule has 2 N–H and O–H groups in total. The Morgan fingerprint density at radius 2 is 1.97 bits per heavy atom. The van der Waals surface area contributed by atoms with Gasteiger partial charge in [0.2, 0.25) is 0 Å². The van der Waals surface area contributed by atoms with E-state index in [4.69, 9.17) is 9.15 Å². The van der Waals surface area contributed by atoms with Crippen LogP contribution in [0.4, 0.5) is 5.69 Å². The topological polar surface area (TPSA) is 113 Å². The molecule has 0 aliphatic heterocycles. The summed E-state index contributed by atoms with van der Waals surface area (Å²) in [5.41, 5.74) is 1.72. The molecular weight excluding hydrogens is 396 g/mol. The van der Waals surface area contributed by atoms with Crippen LogP contribution in [0.3, 0.4) is 0 Å². The van der Waals surface area contributed by atoms with Crippen molar-refractivity contribution in [3.8, 4) is 23.1 Å². The molecule has 0 saturated carbocycles. The van der Waals surface area contributed by atoms with Crippen LogP contribution in [0.1, 0.15) is 28.6 Å². The maximum absolute atomic E-state index is 12.5. The number of benzene rings is 2. The predicted molar refractivity (Wildman–Crippen MR) is 116 cm³/mol. The molecule has 0 aliphatic carbocycles. The highest BCUT2D eigenvalue weighted by atomic mass is 16.5. The number of furan rings is 1. The van der Waals surface area contributed by atoms with Crippen molar-refractivity contribution in [1.29, 1.82) is 5.26 Å². The highest BCUT2D eigenvalue weighted by Gasteiger charge is 2.15. The Bertz CT molecular complexity index is 1200. The Hall–Kier alpha value is -4.31. The number of carboxylic acid groups (broad SMARTS) is 1. The molecule has 1 heterocycles. The van der Waals surface area contributed by atoms with Gasteiger partial charge in [-0.2, -0.15) is 5.26 Å². The molecule has 1 amide bonds. The van der Waals surface area contributed by atoms with Crippen molar-refractivity contribution in [2.45, 2.75) is 13.8 Å². The molecular formula is C24H20N2O5. The molecule has 0 radical (unpaired) electrons. The van der Waals surface area contributed by atoms with Crippen LogP contribution in [0.25, 0.3) is 17.4 Å². The van der Waals surface area contributed by atoms with E-state index in [9.17, 15) is 20.0 Å². The fourth-order valence-corrected chi connectivity index (χ4v) is 3.03. The molecule has 0 unspecified atom stereocenters. The van der Waals surface area contributed by atoms with E-state index in [1.807, 2.05) is 13.0 Å². The molecule has 31 heavy (non-hydrogen) atoms. The van der Waals surface area contributed by atoms with Crippen molar-refractivity contribution in [2.75, 3.05) is 11.9 Å². The second-order valence-corrected chi connectivity index (χ2v) is 6.57. The van der Waals surface area contributed by atoms with Crippen LogP contribution in [0.15, 0.2) is 64.6 Å². The number of nitrogens with zero attached hydrogens (tertiary/aromatic N) is 1. The molecule has 0 saturated heterocycles. The number of nitriles is 1. The first kappa shape index (κ1) is 21.4. The summed E-state index contributed by atoms with van der Waals surface area (Å²) in [6.07, 6.45) is 1.33. The number of amides is 1. The number of aromatic carboxylic acids is 1. The van der Waals surface area contributed by atoms with E-state index in [0.29, 0.717) is 40.7 Å². The number of carbonyl (C=O) groups excluding carboxylic acids is 1. The van der Waals surface area contributed by atoms with Crippen LogP contribution < -0.4 is 10.1 Å². The molecule has 7 heteroatoms. The van der Waals surface area contributed by atoms with Gasteiger partial charge < -0.3 is 19.6 Å². The minimum absolute atomic E-state index is 0.140. The number of hydrogen-bond acceptors (Lipinski definition) is 5.